The largest absolute Gasteiger partial charge is 0.323 e. The van der Waals surface area contributed by atoms with E-state index in [1.807, 2.05) is 36.7 Å². The summed E-state index contributed by atoms with van der Waals surface area (Å²) in [4.78, 5) is 23.6. The minimum atomic E-state index is -0.133. The van der Waals surface area contributed by atoms with E-state index in [-0.39, 0.29) is 5.56 Å². The van der Waals surface area contributed by atoms with E-state index in [9.17, 15) is 4.79 Å². The van der Waals surface area contributed by atoms with E-state index in [1.54, 1.807) is 18.2 Å². The van der Waals surface area contributed by atoms with E-state index < -0.39 is 0 Å². The normalized spacial score (nSPS) is 15.1. The van der Waals surface area contributed by atoms with Gasteiger partial charge >= 0.3 is 0 Å². The zero-order valence-electron chi connectivity index (χ0n) is 20.9. The molecule has 8 heteroatoms. The number of H-pyrrole nitrogens is 1. The summed E-state index contributed by atoms with van der Waals surface area (Å²) in [6.07, 6.45) is 10.7. The number of aromatic amines is 1. The van der Waals surface area contributed by atoms with E-state index in [1.165, 1.54) is 32.1 Å². The number of anilines is 2. The number of nitrogens with zero attached hydrogens (tertiary/aromatic N) is 3. The number of imidazole rings is 1. The Balaban J connectivity index is 1.49. The monoisotopic (exact) mass is 523 g/mol. The SMILES string of the molecule is Cc1c(C=CCN(C)C2CCCCC2)[nH]c(=O)c2c1ccc1nc(Nc3c(Cl)cccc3Cl)n(C)c12. The van der Waals surface area contributed by atoms with Gasteiger partial charge < -0.3 is 14.9 Å². The van der Waals surface area contributed by atoms with Crippen molar-refractivity contribution >= 4 is 62.7 Å². The molecular formula is C28H31Cl2N5O. The molecule has 0 unspecified atom stereocenters. The van der Waals surface area contributed by atoms with Crippen LogP contribution in [0.2, 0.25) is 10.0 Å². The van der Waals surface area contributed by atoms with Crippen molar-refractivity contribution in [3.63, 3.8) is 0 Å². The van der Waals surface area contributed by atoms with Gasteiger partial charge in [-0.2, -0.15) is 0 Å². The number of aryl methyl sites for hydroxylation is 2. The predicted octanol–water partition coefficient (Wildman–Crippen LogP) is 7.05. The van der Waals surface area contributed by atoms with E-state index in [0.717, 1.165) is 34.2 Å². The van der Waals surface area contributed by atoms with Crippen molar-refractivity contribution in [1.29, 1.82) is 0 Å². The number of hydrogen-bond acceptors (Lipinski definition) is 4. The molecule has 6 nitrogen and oxygen atoms in total. The number of rotatable bonds is 6. The summed E-state index contributed by atoms with van der Waals surface area (Å²) >= 11 is 12.7. The van der Waals surface area contributed by atoms with Crippen LogP contribution in [0.5, 0.6) is 0 Å². The number of fused-ring (bicyclic) bond motifs is 3. The first kappa shape index (κ1) is 24.9. The summed E-state index contributed by atoms with van der Waals surface area (Å²) in [6, 6.07) is 9.91. The number of halogens is 2. The molecule has 5 rings (SSSR count). The maximum Gasteiger partial charge on any atom is 0.258 e. The second-order valence-corrected chi connectivity index (χ2v) is 10.5. The Morgan fingerprint density at radius 2 is 1.89 bits per heavy atom. The fraction of sp³-hybridized carbons (Fsp3) is 0.357. The van der Waals surface area contributed by atoms with Crippen LogP contribution >= 0.6 is 23.2 Å². The summed E-state index contributed by atoms with van der Waals surface area (Å²) < 4.78 is 1.88. The van der Waals surface area contributed by atoms with Gasteiger partial charge in [0.1, 0.15) is 0 Å². The molecule has 0 amide bonds. The van der Waals surface area contributed by atoms with Crippen molar-refractivity contribution in [2.75, 3.05) is 18.9 Å². The molecule has 0 aliphatic heterocycles. The first-order valence-electron chi connectivity index (χ1n) is 12.4. The number of hydrogen-bond donors (Lipinski definition) is 2. The lowest BCUT2D eigenvalue weighted by atomic mass is 9.94. The molecule has 0 radical (unpaired) electrons. The fourth-order valence-electron chi connectivity index (χ4n) is 5.29. The number of aromatic nitrogens is 3. The van der Waals surface area contributed by atoms with Crippen LogP contribution in [0.1, 0.15) is 43.4 Å². The predicted molar refractivity (Wildman–Crippen MR) is 152 cm³/mol. The molecule has 188 valence electrons. The summed E-state index contributed by atoms with van der Waals surface area (Å²) in [6.45, 7) is 2.91. The molecule has 2 aromatic carbocycles. The van der Waals surface area contributed by atoms with Crippen LogP contribution in [-0.2, 0) is 7.05 Å². The second kappa shape index (κ2) is 10.3. The smallest absolute Gasteiger partial charge is 0.258 e. The Labute approximate surface area is 220 Å². The third-order valence-corrected chi connectivity index (χ3v) is 8.02. The second-order valence-electron chi connectivity index (χ2n) is 9.70. The zero-order valence-corrected chi connectivity index (χ0v) is 22.4. The van der Waals surface area contributed by atoms with Crippen LogP contribution in [0.15, 0.2) is 41.2 Å². The van der Waals surface area contributed by atoms with Gasteiger partial charge in [-0.05, 0) is 62.0 Å². The molecule has 4 aromatic rings. The number of benzene rings is 2. The first-order valence-corrected chi connectivity index (χ1v) is 13.2. The molecule has 1 saturated carbocycles. The Bertz CT molecular complexity index is 1490. The molecule has 0 atom stereocenters. The molecule has 0 saturated heterocycles. The highest BCUT2D eigenvalue weighted by Gasteiger charge is 2.18. The van der Waals surface area contributed by atoms with E-state index in [4.69, 9.17) is 28.2 Å². The summed E-state index contributed by atoms with van der Waals surface area (Å²) in [5.74, 6) is 0.555. The molecular weight excluding hydrogens is 493 g/mol. The molecule has 2 heterocycles. The van der Waals surface area contributed by atoms with Crippen LogP contribution in [0, 0.1) is 6.92 Å². The average Bonchev–Trinajstić information content (AvgIpc) is 3.19. The van der Waals surface area contributed by atoms with E-state index in [2.05, 4.69) is 28.3 Å². The van der Waals surface area contributed by atoms with E-state index >= 15 is 0 Å². The van der Waals surface area contributed by atoms with Gasteiger partial charge in [0.05, 0.1) is 32.2 Å². The van der Waals surface area contributed by atoms with Crippen molar-refractivity contribution in [2.45, 2.75) is 45.1 Å². The number of nitrogens with one attached hydrogen (secondary N) is 2. The maximum atomic E-state index is 13.3. The molecule has 1 aliphatic rings. The third-order valence-electron chi connectivity index (χ3n) is 7.39. The minimum Gasteiger partial charge on any atom is -0.323 e. The molecule has 36 heavy (non-hydrogen) atoms. The van der Waals surface area contributed by atoms with Gasteiger partial charge in [0.25, 0.3) is 5.56 Å². The highest BCUT2D eigenvalue weighted by Crippen LogP contribution is 2.34. The number of likely N-dealkylation sites (N-methyl/N-ethyl adjacent to an activating group) is 1. The molecule has 1 aliphatic carbocycles. The summed E-state index contributed by atoms with van der Waals surface area (Å²) in [7, 11) is 4.07. The Kier molecular flexibility index (Phi) is 7.11. The average molecular weight is 524 g/mol. The van der Waals surface area contributed by atoms with Crippen LogP contribution in [0.4, 0.5) is 11.6 Å². The fourth-order valence-corrected chi connectivity index (χ4v) is 5.78. The van der Waals surface area contributed by atoms with Gasteiger partial charge in [-0.25, -0.2) is 4.98 Å². The minimum absolute atomic E-state index is 0.133. The van der Waals surface area contributed by atoms with Gasteiger partial charge in [0.2, 0.25) is 5.95 Å². The highest BCUT2D eigenvalue weighted by molar-refractivity contribution is 6.39. The van der Waals surface area contributed by atoms with Crippen LogP contribution < -0.4 is 10.9 Å². The van der Waals surface area contributed by atoms with Crippen LogP contribution in [0.3, 0.4) is 0 Å². The lowest BCUT2D eigenvalue weighted by molar-refractivity contribution is 0.209. The van der Waals surface area contributed by atoms with Gasteiger partial charge in [-0.3, -0.25) is 9.69 Å². The van der Waals surface area contributed by atoms with Gasteiger partial charge in [0, 0.05) is 25.3 Å². The van der Waals surface area contributed by atoms with Crippen molar-refractivity contribution in [1.82, 2.24) is 19.4 Å². The third kappa shape index (κ3) is 4.65. The van der Waals surface area contributed by atoms with Gasteiger partial charge in [0.15, 0.2) is 0 Å². The zero-order chi connectivity index (χ0) is 25.4. The van der Waals surface area contributed by atoms with Crippen LogP contribution in [-0.4, -0.2) is 39.1 Å². The van der Waals surface area contributed by atoms with Crippen LogP contribution in [0.25, 0.3) is 27.9 Å². The van der Waals surface area contributed by atoms with Crippen molar-refractivity contribution in [2.24, 2.45) is 7.05 Å². The highest BCUT2D eigenvalue weighted by atomic mass is 35.5. The summed E-state index contributed by atoms with van der Waals surface area (Å²) in [5.41, 5.74) is 3.80. The van der Waals surface area contributed by atoms with Crippen molar-refractivity contribution in [3.8, 4) is 0 Å². The molecule has 2 aromatic heterocycles. The topological polar surface area (TPSA) is 66.0 Å². The molecule has 0 bridgehead atoms. The summed E-state index contributed by atoms with van der Waals surface area (Å²) in [5, 5.41) is 5.77. The molecule has 1 fully saturated rings. The quantitative estimate of drug-likeness (QED) is 0.284. The Morgan fingerprint density at radius 1 is 1.17 bits per heavy atom. The molecule has 2 N–H and O–H groups in total. The first-order chi connectivity index (χ1) is 17.3. The van der Waals surface area contributed by atoms with Gasteiger partial charge in [-0.1, -0.05) is 60.7 Å². The Hall–Kier alpha value is -2.80. The van der Waals surface area contributed by atoms with E-state index in [0.29, 0.717) is 33.1 Å². The standard InChI is InChI=1S/C28H31Cl2N5O/c1-17-19-14-15-23-26(35(3)28(32-23)33-25-20(29)11-7-12-21(25)30)24(19)27(36)31-22(17)13-8-16-34(2)18-9-5-4-6-10-18/h7-8,11-15,18H,4-6,9-10,16H2,1-3H3,(H,31,36)(H,32,33). The lowest BCUT2D eigenvalue weighted by Gasteiger charge is -2.30. The lowest BCUT2D eigenvalue weighted by Crippen LogP contribution is -2.33. The number of pyridine rings is 1. The molecule has 0 spiro atoms. The van der Waals surface area contributed by atoms with Crippen molar-refractivity contribution < 1.29 is 0 Å². The van der Waals surface area contributed by atoms with Crippen molar-refractivity contribution in [3.05, 3.63) is 68.1 Å². The van der Waals surface area contributed by atoms with Gasteiger partial charge in [-0.15, -0.1) is 0 Å². The maximum absolute atomic E-state index is 13.3. The Morgan fingerprint density at radius 3 is 2.61 bits per heavy atom. The number of para-hydroxylation sites is 1.